The van der Waals surface area contributed by atoms with Crippen molar-refractivity contribution in [3.05, 3.63) is 65.2 Å². The topological polar surface area (TPSA) is 47.9 Å². The van der Waals surface area contributed by atoms with Crippen LogP contribution in [0.25, 0.3) is 11.4 Å². The van der Waals surface area contributed by atoms with E-state index in [0.29, 0.717) is 22.3 Å². The zero-order chi connectivity index (χ0) is 16.2. The van der Waals surface area contributed by atoms with Crippen molar-refractivity contribution in [3.8, 4) is 22.9 Å². The van der Waals surface area contributed by atoms with E-state index in [4.69, 9.17) is 21.3 Å². The van der Waals surface area contributed by atoms with Crippen molar-refractivity contribution < 1.29 is 4.74 Å². The summed E-state index contributed by atoms with van der Waals surface area (Å²) in [5, 5.41) is 0.387. The number of hydrogen-bond acceptors (Lipinski definition) is 4. The number of rotatable bonds is 4. The lowest BCUT2D eigenvalue weighted by Gasteiger charge is -2.13. The molecule has 23 heavy (non-hydrogen) atoms. The van der Waals surface area contributed by atoms with E-state index >= 15 is 0 Å². The van der Waals surface area contributed by atoms with Gasteiger partial charge in [-0.1, -0.05) is 24.6 Å². The third-order valence-corrected chi connectivity index (χ3v) is 3.70. The number of aryl methyl sites for hydroxylation is 2. The molecule has 0 saturated heterocycles. The van der Waals surface area contributed by atoms with Crippen LogP contribution in [0.15, 0.2) is 48.8 Å². The molecule has 116 valence electrons. The highest BCUT2D eigenvalue weighted by Crippen LogP contribution is 2.33. The summed E-state index contributed by atoms with van der Waals surface area (Å²) in [6, 6.07) is 11.2. The summed E-state index contributed by atoms with van der Waals surface area (Å²) >= 11 is 5.93. The molecule has 4 nitrogen and oxygen atoms in total. The van der Waals surface area contributed by atoms with Gasteiger partial charge in [-0.15, -0.1) is 0 Å². The molecule has 3 heterocycles. The van der Waals surface area contributed by atoms with Gasteiger partial charge in [0.1, 0.15) is 16.6 Å². The van der Waals surface area contributed by atoms with E-state index in [-0.39, 0.29) is 0 Å². The molecule has 0 amide bonds. The van der Waals surface area contributed by atoms with E-state index in [1.165, 1.54) is 0 Å². The predicted molar refractivity (Wildman–Crippen MR) is 90.9 cm³/mol. The van der Waals surface area contributed by atoms with Crippen LogP contribution in [0.5, 0.6) is 11.5 Å². The van der Waals surface area contributed by atoms with Crippen molar-refractivity contribution in [3.63, 3.8) is 0 Å². The number of nitrogens with zero attached hydrogens (tertiary/aromatic N) is 3. The first-order valence-corrected chi connectivity index (χ1v) is 7.76. The minimum atomic E-state index is 0.387. The van der Waals surface area contributed by atoms with Gasteiger partial charge in [-0.3, -0.25) is 4.98 Å². The van der Waals surface area contributed by atoms with Gasteiger partial charge in [0.25, 0.3) is 0 Å². The molecule has 3 aromatic heterocycles. The molecule has 0 saturated carbocycles. The van der Waals surface area contributed by atoms with Gasteiger partial charge in [0, 0.05) is 24.2 Å². The van der Waals surface area contributed by atoms with Crippen LogP contribution in [-0.2, 0) is 6.42 Å². The molecule has 0 atom stereocenters. The van der Waals surface area contributed by atoms with E-state index < -0.39 is 0 Å². The van der Waals surface area contributed by atoms with Gasteiger partial charge < -0.3 is 4.74 Å². The molecule has 5 heteroatoms. The van der Waals surface area contributed by atoms with Gasteiger partial charge in [0.05, 0.1) is 5.69 Å². The summed E-state index contributed by atoms with van der Waals surface area (Å²) in [7, 11) is 0. The molecular formula is C18H16ClN3O. The largest absolute Gasteiger partial charge is 0.455 e. The average molecular weight is 326 g/mol. The minimum Gasteiger partial charge on any atom is -0.455 e. The van der Waals surface area contributed by atoms with Gasteiger partial charge in [-0.2, -0.15) is 0 Å². The summed E-state index contributed by atoms with van der Waals surface area (Å²) in [6.45, 7) is 4.09. The average Bonchev–Trinajstić information content (AvgIpc) is 2.57. The molecule has 0 unspecified atom stereocenters. The Kier molecular flexibility index (Phi) is 4.53. The molecule has 0 fully saturated rings. The maximum atomic E-state index is 6.02. The van der Waals surface area contributed by atoms with Gasteiger partial charge in [0.15, 0.2) is 5.75 Å². The third kappa shape index (κ3) is 3.48. The van der Waals surface area contributed by atoms with Crippen LogP contribution in [0, 0.1) is 6.92 Å². The van der Waals surface area contributed by atoms with Crippen molar-refractivity contribution >= 4 is 11.6 Å². The lowest BCUT2D eigenvalue weighted by Crippen LogP contribution is -1.99. The van der Waals surface area contributed by atoms with Crippen molar-refractivity contribution in [2.24, 2.45) is 0 Å². The number of halogens is 1. The molecule has 0 bridgehead atoms. The molecule has 3 aromatic rings. The Labute approximate surface area is 140 Å². The first kappa shape index (κ1) is 15.4. The number of ether oxygens (including phenoxy) is 1. The molecule has 0 aromatic carbocycles. The highest BCUT2D eigenvalue weighted by atomic mass is 35.5. The van der Waals surface area contributed by atoms with Crippen LogP contribution in [-0.4, -0.2) is 15.0 Å². The van der Waals surface area contributed by atoms with E-state index in [1.54, 1.807) is 24.5 Å². The lowest BCUT2D eigenvalue weighted by atomic mass is 10.1. The zero-order valence-corrected chi connectivity index (χ0v) is 13.7. The Morgan fingerprint density at radius 1 is 1.09 bits per heavy atom. The fourth-order valence-electron chi connectivity index (χ4n) is 2.32. The maximum Gasteiger partial charge on any atom is 0.155 e. The summed E-state index contributed by atoms with van der Waals surface area (Å²) < 4.78 is 6.02. The number of hydrogen-bond donors (Lipinski definition) is 0. The van der Waals surface area contributed by atoms with Crippen molar-refractivity contribution in [2.75, 3.05) is 0 Å². The van der Waals surface area contributed by atoms with Crippen LogP contribution >= 0.6 is 11.6 Å². The SMILES string of the molecule is CCc1cc(Oc2ccnc(Cl)c2)c(-c2ccccn2)nc1C. The van der Waals surface area contributed by atoms with E-state index in [1.807, 2.05) is 31.2 Å². The second kappa shape index (κ2) is 6.75. The van der Waals surface area contributed by atoms with Gasteiger partial charge >= 0.3 is 0 Å². The lowest BCUT2D eigenvalue weighted by molar-refractivity contribution is 0.480. The highest BCUT2D eigenvalue weighted by Gasteiger charge is 2.14. The Morgan fingerprint density at radius 2 is 1.96 bits per heavy atom. The van der Waals surface area contributed by atoms with Crippen LogP contribution in [0.3, 0.4) is 0 Å². The molecule has 0 radical (unpaired) electrons. The van der Waals surface area contributed by atoms with Gasteiger partial charge in [-0.05, 0) is 43.2 Å². The smallest absolute Gasteiger partial charge is 0.155 e. The van der Waals surface area contributed by atoms with Crippen molar-refractivity contribution in [2.45, 2.75) is 20.3 Å². The highest BCUT2D eigenvalue weighted by molar-refractivity contribution is 6.29. The molecule has 0 N–H and O–H groups in total. The molecule has 3 rings (SSSR count). The van der Waals surface area contributed by atoms with Gasteiger partial charge in [0.2, 0.25) is 0 Å². The Hall–Kier alpha value is -2.46. The minimum absolute atomic E-state index is 0.387. The summed E-state index contributed by atoms with van der Waals surface area (Å²) in [5.41, 5.74) is 3.61. The molecule has 0 aliphatic heterocycles. The molecule has 0 aliphatic carbocycles. The molecule has 0 aliphatic rings. The number of pyridine rings is 3. The summed E-state index contributed by atoms with van der Waals surface area (Å²) in [5.74, 6) is 1.28. The van der Waals surface area contributed by atoms with E-state index in [9.17, 15) is 0 Å². The first-order chi connectivity index (χ1) is 11.2. The quantitative estimate of drug-likeness (QED) is 0.643. The summed E-state index contributed by atoms with van der Waals surface area (Å²) in [6.07, 6.45) is 4.24. The molecule has 0 spiro atoms. The van der Waals surface area contributed by atoms with E-state index in [0.717, 1.165) is 23.4 Å². The van der Waals surface area contributed by atoms with Crippen molar-refractivity contribution in [1.82, 2.24) is 15.0 Å². The second-order valence-electron chi connectivity index (χ2n) is 5.06. The monoisotopic (exact) mass is 325 g/mol. The zero-order valence-electron chi connectivity index (χ0n) is 13.0. The summed E-state index contributed by atoms with van der Waals surface area (Å²) in [4.78, 5) is 13.0. The Balaban J connectivity index is 2.09. The number of aromatic nitrogens is 3. The van der Waals surface area contributed by atoms with Crippen LogP contribution in [0.1, 0.15) is 18.2 Å². The molecular weight excluding hydrogens is 310 g/mol. The second-order valence-corrected chi connectivity index (χ2v) is 5.45. The fourth-order valence-corrected chi connectivity index (χ4v) is 2.49. The third-order valence-electron chi connectivity index (χ3n) is 3.50. The first-order valence-electron chi connectivity index (χ1n) is 7.38. The fraction of sp³-hybridized carbons (Fsp3) is 0.167. The standard InChI is InChI=1S/C18H16ClN3O/c1-3-13-10-16(23-14-7-9-21-17(19)11-14)18(22-12(13)2)15-6-4-5-8-20-15/h4-11H,3H2,1-2H3. The Bertz CT molecular complexity index is 822. The van der Waals surface area contributed by atoms with Crippen molar-refractivity contribution in [1.29, 1.82) is 0 Å². The maximum absolute atomic E-state index is 6.02. The Morgan fingerprint density at radius 3 is 2.65 bits per heavy atom. The van der Waals surface area contributed by atoms with E-state index in [2.05, 4.69) is 16.9 Å². The van der Waals surface area contributed by atoms with Gasteiger partial charge in [-0.25, -0.2) is 9.97 Å². The normalized spacial score (nSPS) is 10.6. The van der Waals surface area contributed by atoms with Crippen LogP contribution < -0.4 is 4.74 Å². The predicted octanol–water partition coefficient (Wildman–Crippen LogP) is 4.86. The van der Waals surface area contributed by atoms with Crippen LogP contribution in [0.4, 0.5) is 0 Å². The van der Waals surface area contributed by atoms with Crippen LogP contribution in [0.2, 0.25) is 5.15 Å².